The molecular formula is C13H21O2P. The van der Waals surface area contributed by atoms with Gasteiger partial charge in [0.25, 0.3) is 0 Å². The fourth-order valence-electron chi connectivity index (χ4n) is 1.53. The molecule has 1 rings (SSSR count). The van der Waals surface area contributed by atoms with Crippen LogP contribution in [0.2, 0.25) is 0 Å². The first-order chi connectivity index (χ1) is 7.80. The summed E-state index contributed by atoms with van der Waals surface area (Å²) in [5.41, 5.74) is 1.36. The highest BCUT2D eigenvalue weighted by Crippen LogP contribution is 2.19. The molecule has 0 N–H and O–H groups in total. The number of benzene rings is 1. The molecular weight excluding hydrogens is 219 g/mol. The summed E-state index contributed by atoms with van der Waals surface area (Å²) >= 11 is 0. The highest BCUT2D eigenvalue weighted by Gasteiger charge is 2.00. The Morgan fingerprint density at radius 2 is 2.00 bits per heavy atom. The van der Waals surface area contributed by atoms with Gasteiger partial charge in [0.2, 0.25) is 0 Å². The van der Waals surface area contributed by atoms with Gasteiger partial charge < -0.3 is 9.47 Å². The Morgan fingerprint density at radius 1 is 1.19 bits per heavy atom. The van der Waals surface area contributed by atoms with Crippen molar-refractivity contribution in [2.45, 2.75) is 19.8 Å². The summed E-state index contributed by atoms with van der Waals surface area (Å²) in [6.45, 7) is 3.03. The number of hydrogen-bond acceptors (Lipinski definition) is 2. The Labute approximate surface area is 100 Å². The minimum absolute atomic E-state index is 0.853. The maximum Gasteiger partial charge on any atom is 0.119 e. The van der Waals surface area contributed by atoms with Crippen molar-refractivity contribution < 1.29 is 9.47 Å². The molecule has 3 heteroatoms. The number of aryl methyl sites for hydroxylation is 1. The average Bonchev–Trinajstić information content (AvgIpc) is 2.34. The standard InChI is InChI=1S/C13H21O2P/c1-4-11-8-12(15-3)10-13(9-11)16-7-5-6-14-2/h8-10,16H,4-7H2,1-3H3. The van der Waals surface area contributed by atoms with Gasteiger partial charge in [-0.1, -0.05) is 21.6 Å². The second-order valence-electron chi connectivity index (χ2n) is 3.70. The summed E-state index contributed by atoms with van der Waals surface area (Å²) in [5.74, 6) is 0.980. The molecule has 0 aromatic heterocycles. The number of methoxy groups -OCH3 is 2. The zero-order chi connectivity index (χ0) is 11.8. The Kier molecular flexibility index (Phi) is 6.44. The maximum atomic E-state index is 5.30. The molecule has 0 fully saturated rings. The molecule has 0 spiro atoms. The topological polar surface area (TPSA) is 18.5 Å². The molecule has 90 valence electrons. The van der Waals surface area contributed by atoms with Crippen LogP contribution in [0.3, 0.4) is 0 Å². The fourth-order valence-corrected chi connectivity index (χ4v) is 2.68. The zero-order valence-electron chi connectivity index (χ0n) is 10.4. The van der Waals surface area contributed by atoms with Crippen LogP contribution < -0.4 is 10.0 Å². The van der Waals surface area contributed by atoms with Crippen LogP contribution in [0.1, 0.15) is 18.9 Å². The van der Waals surface area contributed by atoms with E-state index in [1.807, 2.05) is 0 Å². The summed E-state index contributed by atoms with van der Waals surface area (Å²) in [6, 6.07) is 6.54. The highest BCUT2D eigenvalue weighted by molar-refractivity contribution is 7.47. The maximum absolute atomic E-state index is 5.30. The van der Waals surface area contributed by atoms with Crippen LogP contribution in [0.5, 0.6) is 5.75 Å². The van der Waals surface area contributed by atoms with E-state index in [2.05, 4.69) is 25.1 Å². The van der Waals surface area contributed by atoms with Crippen molar-refractivity contribution in [3.05, 3.63) is 23.8 Å². The van der Waals surface area contributed by atoms with Gasteiger partial charge in [-0.25, -0.2) is 0 Å². The van der Waals surface area contributed by atoms with Gasteiger partial charge in [0.15, 0.2) is 0 Å². The van der Waals surface area contributed by atoms with Gasteiger partial charge in [0.05, 0.1) is 7.11 Å². The fraction of sp³-hybridized carbons (Fsp3) is 0.538. The third-order valence-electron chi connectivity index (χ3n) is 2.46. The van der Waals surface area contributed by atoms with E-state index in [4.69, 9.17) is 9.47 Å². The molecule has 0 radical (unpaired) electrons. The van der Waals surface area contributed by atoms with Gasteiger partial charge in [0, 0.05) is 13.7 Å². The van der Waals surface area contributed by atoms with Gasteiger partial charge in [0.1, 0.15) is 5.75 Å². The van der Waals surface area contributed by atoms with Crippen molar-refractivity contribution in [3.63, 3.8) is 0 Å². The van der Waals surface area contributed by atoms with E-state index in [1.165, 1.54) is 17.0 Å². The first kappa shape index (κ1) is 13.5. The van der Waals surface area contributed by atoms with E-state index < -0.39 is 0 Å². The Morgan fingerprint density at radius 3 is 2.62 bits per heavy atom. The van der Waals surface area contributed by atoms with Crippen LogP contribution in [0.25, 0.3) is 0 Å². The summed E-state index contributed by atoms with van der Waals surface area (Å²) in [6.07, 6.45) is 3.39. The van der Waals surface area contributed by atoms with Crippen LogP contribution in [-0.4, -0.2) is 27.0 Å². The van der Waals surface area contributed by atoms with Gasteiger partial charge in [-0.2, -0.15) is 0 Å². The molecule has 16 heavy (non-hydrogen) atoms. The molecule has 0 amide bonds. The molecule has 2 nitrogen and oxygen atoms in total. The third kappa shape index (κ3) is 4.51. The average molecular weight is 240 g/mol. The van der Waals surface area contributed by atoms with E-state index in [1.54, 1.807) is 14.2 Å². The largest absolute Gasteiger partial charge is 0.497 e. The van der Waals surface area contributed by atoms with Crippen LogP contribution in [0, 0.1) is 0 Å². The first-order valence-corrected chi connectivity index (χ1v) is 6.91. The SMILES string of the molecule is CCc1cc(OC)cc(PCCCOC)c1. The van der Waals surface area contributed by atoms with Crippen LogP contribution in [0.4, 0.5) is 0 Å². The lowest BCUT2D eigenvalue weighted by Crippen LogP contribution is -2.01. The Balaban J connectivity index is 2.57. The molecule has 0 heterocycles. The lowest BCUT2D eigenvalue weighted by atomic mass is 10.2. The summed E-state index contributed by atoms with van der Waals surface area (Å²) < 4.78 is 10.4. The van der Waals surface area contributed by atoms with Crippen molar-refractivity contribution in [2.75, 3.05) is 27.0 Å². The zero-order valence-corrected chi connectivity index (χ0v) is 11.4. The van der Waals surface area contributed by atoms with Crippen molar-refractivity contribution in [1.29, 1.82) is 0 Å². The molecule has 1 aromatic rings. The van der Waals surface area contributed by atoms with Crippen molar-refractivity contribution in [1.82, 2.24) is 0 Å². The van der Waals surface area contributed by atoms with Gasteiger partial charge in [-0.15, -0.1) is 0 Å². The van der Waals surface area contributed by atoms with Gasteiger partial charge in [-0.3, -0.25) is 0 Å². The second-order valence-corrected chi connectivity index (χ2v) is 5.13. The second kappa shape index (κ2) is 7.65. The minimum Gasteiger partial charge on any atom is -0.497 e. The predicted molar refractivity (Wildman–Crippen MR) is 71.7 cm³/mol. The Bertz CT molecular complexity index is 291. The molecule has 0 bridgehead atoms. The highest BCUT2D eigenvalue weighted by atomic mass is 31.1. The minimum atomic E-state index is 0.853. The summed E-state index contributed by atoms with van der Waals surface area (Å²) in [7, 11) is 4.34. The molecule has 0 aliphatic carbocycles. The summed E-state index contributed by atoms with van der Waals surface area (Å²) in [4.78, 5) is 0. The molecule has 0 saturated heterocycles. The lowest BCUT2D eigenvalue weighted by Gasteiger charge is -2.08. The Hall–Kier alpha value is -0.590. The van der Waals surface area contributed by atoms with Crippen molar-refractivity contribution in [2.24, 2.45) is 0 Å². The van der Waals surface area contributed by atoms with Crippen molar-refractivity contribution in [3.8, 4) is 5.75 Å². The molecule has 0 aliphatic rings. The molecule has 1 aromatic carbocycles. The molecule has 1 unspecified atom stereocenters. The van der Waals surface area contributed by atoms with E-state index in [-0.39, 0.29) is 0 Å². The van der Waals surface area contributed by atoms with Gasteiger partial charge in [-0.05, 0) is 42.0 Å². The first-order valence-electron chi connectivity index (χ1n) is 5.71. The predicted octanol–water partition coefficient (Wildman–Crippen LogP) is 2.60. The number of rotatable bonds is 7. The number of ether oxygens (including phenoxy) is 2. The summed E-state index contributed by atoms with van der Waals surface area (Å²) in [5, 5.41) is 1.40. The number of hydrogen-bond donors (Lipinski definition) is 0. The van der Waals surface area contributed by atoms with Gasteiger partial charge >= 0.3 is 0 Å². The molecule has 0 saturated carbocycles. The molecule has 0 aliphatic heterocycles. The van der Waals surface area contributed by atoms with E-state index in [0.717, 1.165) is 33.8 Å². The third-order valence-corrected chi connectivity index (χ3v) is 3.77. The van der Waals surface area contributed by atoms with Crippen LogP contribution in [0.15, 0.2) is 18.2 Å². The van der Waals surface area contributed by atoms with E-state index in [9.17, 15) is 0 Å². The normalized spacial score (nSPS) is 11.2. The van der Waals surface area contributed by atoms with Crippen LogP contribution >= 0.6 is 8.58 Å². The van der Waals surface area contributed by atoms with Crippen molar-refractivity contribution >= 4 is 13.9 Å². The molecule has 1 atom stereocenters. The van der Waals surface area contributed by atoms with Crippen LogP contribution in [-0.2, 0) is 11.2 Å². The monoisotopic (exact) mass is 240 g/mol. The lowest BCUT2D eigenvalue weighted by molar-refractivity contribution is 0.200. The van der Waals surface area contributed by atoms with E-state index >= 15 is 0 Å². The quantitative estimate of drug-likeness (QED) is 0.539. The van der Waals surface area contributed by atoms with E-state index in [0.29, 0.717) is 0 Å². The smallest absolute Gasteiger partial charge is 0.119 e.